The topological polar surface area (TPSA) is 92.1 Å². The molecule has 0 radical (unpaired) electrons. The fraction of sp³-hybridized carbons (Fsp3) is 0.333. The van der Waals surface area contributed by atoms with E-state index in [-0.39, 0.29) is 24.7 Å². The lowest BCUT2D eigenvalue weighted by Gasteiger charge is -2.03. The molecule has 6 heteroatoms. The number of ether oxygens (including phenoxy) is 1. The Morgan fingerprint density at radius 2 is 2.00 bits per heavy atom. The molecule has 0 saturated heterocycles. The number of carbonyl (C=O) groups excluding carboxylic acids is 2. The van der Waals surface area contributed by atoms with E-state index in [1.807, 2.05) is 0 Å². The van der Waals surface area contributed by atoms with Crippen LogP contribution in [0.2, 0.25) is 0 Å². The molecule has 18 heavy (non-hydrogen) atoms. The van der Waals surface area contributed by atoms with Crippen molar-refractivity contribution in [1.82, 2.24) is 0 Å². The van der Waals surface area contributed by atoms with Gasteiger partial charge in [0.05, 0.1) is 19.6 Å². The van der Waals surface area contributed by atoms with Gasteiger partial charge in [0.2, 0.25) is 0 Å². The second-order valence-electron chi connectivity index (χ2n) is 3.49. The van der Waals surface area contributed by atoms with E-state index in [4.69, 9.17) is 10.3 Å². The second-order valence-corrected chi connectivity index (χ2v) is 3.49. The van der Waals surface area contributed by atoms with Crippen LogP contribution in [-0.2, 0) is 16.0 Å². The highest BCUT2D eigenvalue weighted by molar-refractivity contribution is 5.97. The van der Waals surface area contributed by atoms with Gasteiger partial charge in [-0.2, -0.15) is 0 Å². The van der Waals surface area contributed by atoms with Gasteiger partial charge < -0.3 is 4.74 Å². The number of carbonyl (C=O) groups is 2. The molecule has 1 aromatic rings. The third kappa shape index (κ3) is 4.27. The Balaban J connectivity index is 2.65. The average Bonchev–Trinajstić information content (AvgIpc) is 2.37. The van der Waals surface area contributed by atoms with E-state index in [9.17, 15) is 9.59 Å². The summed E-state index contributed by atoms with van der Waals surface area (Å²) in [5, 5.41) is 3.20. The minimum absolute atomic E-state index is 0.179. The normalized spacial score (nSPS) is 9.39. The second kappa shape index (κ2) is 7.09. The summed E-state index contributed by atoms with van der Waals surface area (Å²) in [6.07, 6.45) is 0.179. The van der Waals surface area contributed by atoms with Crippen molar-refractivity contribution in [3.05, 3.63) is 45.8 Å². The Kier molecular flexibility index (Phi) is 5.41. The monoisotopic (exact) mass is 247 g/mol. The number of hydrogen-bond acceptors (Lipinski definition) is 4. The highest BCUT2D eigenvalue weighted by atomic mass is 16.5. The summed E-state index contributed by atoms with van der Waals surface area (Å²) in [6, 6.07) is 6.56. The van der Waals surface area contributed by atoms with Crippen molar-refractivity contribution >= 4 is 11.8 Å². The summed E-state index contributed by atoms with van der Waals surface area (Å²) in [7, 11) is 0. The van der Waals surface area contributed by atoms with Crippen LogP contribution < -0.4 is 0 Å². The molecule has 0 bridgehead atoms. The van der Waals surface area contributed by atoms with Gasteiger partial charge in [0.15, 0.2) is 5.78 Å². The zero-order valence-electron chi connectivity index (χ0n) is 10.00. The quantitative estimate of drug-likeness (QED) is 0.254. The number of hydrogen-bond donors (Lipinski definition) is 0. The molecule has 0 N–H and O–H groups in total. The summed E-state index contributed by atoms with van der Waals surface area (Å²) >= 11 is 0. The van der Waals surface area contributed by atoms with Crippen LogP contribution >= 0.6 is 0 Å². The number of nitrogens with zero attached hydrogens (tertiary/aromatic N) is 3. The fourth-order valence-electron chi connectivity index (χ4n) is 1.37. The largest absolute Gasteiger partial charge is 0.466 e. The molecule has 0 heterocycles. The molecule has 0 unspecified atom stereocenters. The van der Waals surface area contributed by atoms with Gasteiger partial charge in [-0.15, -0.1) is 0 Å². The number of rotatable bonds is 6. The van der Waals surface area contributed by atoms with Crippen LogP contribution in [-0.4, -0.2) is 24.9 Å². The van der Waals surface area contributed by atoms with Crippen LogP contribution in [0.5, 0.6) is 0 Å². The van der Waals surface area contributed by atoms with Crippen molar-refractivity contribution in [1.29, 1.82) is 0 Å². The zero-order valence-corrected chi connectivity index (χ0v) is 10.00. The standard InChI is InChI=1S/C12H13N3O3/c1-2-18-12(17)7-9-3-5-10(6-4-9)11(16)8-14-15-13/h3-6H,2,7-8H2,1H3. The van der Waals surface area contributed by atoms with Gasteiger partial charge in [-0.05, 0) is 18.0 Å². The van der Waals surface area contributed by atoms with Crippen molar-refractivity contribution in [2.45, 2.75) is 13.3 Å². The molecule has 0 aromatic heterocycles. The Morgan fingerprint density at radius 3 is 2.56 bits per heavy atom. The lowest BCUT2D eigenvalue weighted by Crippen LogP contribution is -2.08. The molecule has 94 valence electrons. The SMILES string of the molecule is CCOC(=O)Cc1ccc(C(=O)CN=[N+]=[N-])cc1. The molecule has 0 amide bonds. The van der Waals surface area contributed by atoms with E-state index >= 15 is 0 Å². The first-order chi connectivity index (χ1) is 8.67. The molecule has 1 rings (SSSR count). The molecular formula is C12H13N3O3. The summed E-state index contributed by atoms with van der Waals surface area (Å²) in [6.45, 7) is 1.89. The minimum Gasteiger partial charge on any atom is -0.466 e. The minimum atomic E-state index is -0.300. The number of Topliss-reactive ketones (excluding diaryl/α,β-unsaturated/α-hetero) is 1. The smallest absolute Gasteiger partial charge is 0.310 e. The summed E-state index contributed by atoms with van der Waals surface area (Å²) in [5.74, 6) is -0.554. The Morgan fingerprint density at radius 1 is 1.33 bits per heavy atom. The van der Waals surface area contributed by atoms with Crippen LogP contribution in [0.25, 0.3) is 10.4 Å². The van der Waals surface area contributed by atoms with E-state index in [1.165, 1.54) is 0 Å². The molecule has 0 atom stereocenters. The van der Waals surface area contributed by atoms with Crippen LogP contribution in [0, 0.1) is 0 Å². The summed E-state index contributed by atoms with van der Waals surface area (Å²) < 4.78 is 4.82. The van der Waals surface area contributed by atoms with Gasteiger partial charge in [0.1, 0.15) is 0 Å². The molecular weight excluding hydrogens is 234 g/mol. The predicted octanol–water partition coefficient (Wildman–Crippen LogP) is 2.29. The molecule has 0 saturated carbocycles. The van der Waals surface area contributed by atoms with Gasteiger partial charge in [-0.3, -0.25) is 9.59 Å². The van der Waals surface area contributed by atoms with E-state index in [1.54, 1.807) is 31.2 Å². The molecule has 0 fully saturated rings. The van der Waals surface area contributed by atoms with E-state index in [0.29, 0.717) is 12.2 Å². The Labute approximate surface area is 104 Å². The van der Waals surface area contributed by atoms with E-state index in [0.717, 1.165) is 5.56 Å². The fourth-order valence-corrected chi connectivity index (χ4v) is 1.37. The molecule has 0 aliphatic rings. The number of esters is 1. The molecule has 0 spiro atoms. The van der Waals surface area contributed by atoms with Crippen molar-refractivity contribution in [2.24, 2.45) is 5.11 Å². The highest BCUT2D eigenvalue weighted by Crippen LogP contribution is 2.07. The number of azide groups is 1. The van der Waals surface area contributed by atoms with Crippen LogP contribution in [0.15, 0.2) is 29.4 Å². The summed E-state index contributed by atoms with van der Waals surface area (Å²) in [5.41, 5.74) is 9.34. The Bertz CT molecular complexity index is 476. The molecule has 1 aromatic carbocycles. The third-order valence-electron chi connectivity index (χ3n) is 2.21. The maximum Gasteiger partial charge on any atom is 0.310 e. The number of ketones is 1. The maximum absolute atomic E-state index is 11.5. The number of benzene rings is 1. The lowest BCUT2D eigenvalue weighted by atomic mass is 10.1. The van der Waals surface area contributed by atoms with Gasteiger partial charge in [0.25, 0.3) is 0 Å². The van der Waals surface area contributed by atoms with E-state index < -0.39 is 0 Å². The molecule has 0 aliphatic heterocycles. The van der Waals surface area contributed by atoms with Crippen molar-refractivity contribution in [2.75, 3.05) is 13.2 Å². The van der Waals surface area contributed by atoms with E-state index in [2.05, 4.69) is 10.0 Å². The first-order valence-corrected chi connectivity index (χ1v) is 5.46. The van der Waals surface area contributed by atoms with Crippen molar-refractivity contribution < 1.29 is 14.3 Å². The first kappa shape index (κ1) is 13.7. The van der Waals surface area contributed by atoms with Crippen molar-refractivity contribution in [3.63, 3.8) is 0 Å². The first-order valence-electron chi connectivity index (χ1n) is 5.46. The molecule has 6 nitrogen and oxygen atoms in total. The average molecular weight is 247 g/mol. The lowest BCUT2D eigenvalue weighted by molar-refractivity contribution is -0.142. The van der Waals surface area contributed by atoms with Gasteiger partial charge in [-0.1, -0.05) is 29.4 Å². The van der Waals surface area contributed by atoms with Crippen LogP contribution in [0.4, 0.5) is 0 Å². The van der Waals surface area contributed by atoms with Crippen LogP contribution in [0.1, 0.15) is 22.8 Å². The van der Waals surface area contributed by atoms with Gasteiger partial charge in [0, 0.05) is 10.5 Å². The van der Waals surface area contributed by atoms with Gasteiger partial charge in [-0.25, -0.2) is 0 Å². The molecule has 0 aliphatic carbocycles. The maximum atomic E-state index is 11.5. The summed E-state index contributed by atoms with van der Waals surface area (Å²) in [4.78, 5) is 25.2. The predicted molar refractivity (Wildman–Crippen MR) is 65.1 cm³/mol. The van der Waals surface area contributed by atoms with Crippen molar-refractivity contribution in [3.8, 4) is 0 Å². The third-order valence-corrected chi connectivity index (χ3v) is 2.21. The van der Waals surface area contributed by atoms with Gasteiger partial charge >= 0.3 is 5.97 Å². The zero-order chi connectivity index (χ0) is 13.4. The van der Waals surface area contributed by atoms with Crippen LogP contribution in [0.3, 0.4) is 0 Å². The highest BCUT2D eigenvalue weighted by Gasteiger charge is 2.06. The Hall–Kier alpha value is -2.33.